The summed E-state index contributed by atoms with van der Waals surface area (Å²) in [5.74, 6) is -0.0939. The van der Waals surface area contributed by atoms with Crippen LogP contribution >= 0.6 is 11.8 Å². The van der Waals surface area contributed by atoms with Crippen LogP contribution in [0.4, 0.5) is 11.4 Å². The summed E-state index contributed by atoms with van der Waals surface area (Å²) >= 11 is 1.34. The molecule has 2 aromatic carbocycles. The number of morpholine rings is 1. The van der Waals surface area contributed by atoms with Crippen molar-refractivity contribution >= 4 is 29.0 Å². The van der Waals surface area contributed by atoms with E-state index in [2.05, 4.69) is 44.8 Å². The molecule has 1 amide bonds. The number of anilines is 2. The molecule has 0 saturated carbocycles. The molecule has 1 aliphatic heterocycles. The molecule has 8 nitrogen and oxygen atoms in total. The molecule has 4 rings (SSSR count). The molecule has 0 radical (unpaired) electrons. The van der Waals surface area contributed by atoms with Crippen LogP contribution in [0, 0.1) is 0 Å². The lowest BCUT2D eigenvalue weighted by atomic mass is 10.1. The first-order valence-corrected chi connectivity index (χ1v) is 12.3. The van der Waals surface area contributed by atoms with Crippen molar-refractivity contribution in [2.45, 2.75) is 43.5 Å². The van der Waals surface area contributed by atoms with Gasteiger partial charge in [0.2, 0.25) is 11.1 Å². The maximum absolute atomic E-state index is 12.8. The minimum atomic E-state index is -0.363. The highest BCUT2D eigenvalue weighted by molar-refractivity contribution is 8.00. The number of carbonyl (C=O) groups is 1. The predicted octanol–water partition coefficient (Wildman–Crippen LogP) is 3.96. The van der Waals surface area contributed by atoms with Crippen molar-refractivity contribution in [2.24, 2.45) is 0 Å². The maximum atomic E-state index is 12.8. The van der Waals surface area contributed by atoms with Crippen molar-refractivity contribution in [3.63, 3.8) is 0 Å². The topological polar surface area (TPSA) is 85.2 Å². The highest BCUT2D eigenvalue weighted by Gasteiger charge is 2.20. The van der Waals surface area contributed by atoms with Gasteiger partial charge in [0, 0.05) is 24.5 Å². The summed E-state index contributed by atoms with van der Waals surface area (Å²) < 4.78 is 7.08. The minimum absolute atomic E-state index is 0.0939. The third-order valence-corrected chi connectivity index (χ3v) is 6.64. The molecular formula is C24H30N6O2S. The highest BCUT2D eigenvalue weighted by atomic mass is 32.2. The Morgan fingerprint density at radius 2 is 1.79 bits per heavy atom. The van der Waals surface area contributed by atoms with Crippen molar-refractivity contribution in [1.82, 2.24) is 20.2 Å². The second-order valence-electron chi connectivity index (χ2n) is 8.04. The molecule has 0 aliphatic carbocycles. The van der Waals surface area contributed by atoms with Crippen molar-refractivity contribution in [1.29, 1.82) is 0 Å². The molecule has 1 atom stereocenters. The van der Waals surface area contributed by atoms with E-state index < -0.39 is 0 Å². The van der Waals surface area contributed by atoms with E-state index in [-0.39, 0.29) is 11.2 Å². The van der Waals surface area contributed by atoms with E-state index >= 15 is 0 Å². The van der Waals surface area contributed by atoms with Crippen molar-refractivity contribution < 1.29 is 9.53 Å². The zero-order valence-electron chi connectivity index (χ0n) is 19.1. The number of benzene rings is 2. The fourth-order valence-corrected chi connectivity index (χ4v) is 4.44. The highest BCUT2D eigenvalue weighted by Crippen LogP contribution is 2.25. The Kier molecular flexibility index (Phi) is 7.96. The average Bonchev–Trinajstić information content (AvgIpc) is 3.32. The SMILES string of the molecule is CCCCc1ccc(-n2nnnc2SC(C)C(=O)Nc2ccc(N3CCOCC3)cc2)cc1. The Morgan fingerprint density at radius 1 is 1.09 bits per heavy atom. The number of hydrogen-bond donors (Lipinski definition) is 1. The number of nitrogens with one attached hydrogen (secondary N) is 1. The number of ether oxygens (including phenoxy) is 1. The van der Waals surface area contributed by atoms with E-state index in [1.165, 1.54) is 30.2 Å². The molecule has 33 heavy (non-hydrogen) atoms. The van der Waals surface area contributed by atoms with Crippen LogP contribution in [0.1, 0.15) is 32.3 Å². The first kappa shape index (κ1) is 23.3. The van der Waals surface area contributed by atoms with Gasteiger partial charge in [-0.2, -0.15) is 4.68 Å². The Bertz CT molecular complexity index is 1030. The molecule has 1 saturated heterocycles. The van der Waals surface area contributed by atoms with Gasteiger partial charge in [-0.05, 0) is 72.2 Å². The number of hydrogen-bond acceptors (Lipinski definition) is 7. The van der Waals surface area contributed by atoms with Gasteiger partial charge in [-0.15, -0.1) is 5.10 Å². The van der Waals surface area contributed by atoms with Crippen LogP contribution < -0.4 is 10.2 Å². The summed E-state index contributed by atoms with van der Waals surface area (Å²) in [5, 5.41) is 15.3. The second kappa shape index (κ2) is 11.3. The number of thioether (sulfide) groups is 1. The van der Waals surface area contributed by atoms with Crippen LogP contribution in [0.25, 0.3) is 5.69 Å². The predicted molar refractivity (Wildman–Crippen MR) is 131 cm³/mol. The number of aryl methyl sites for hydroxylation is 1. The van der Waals surface area contributed by atoms with Crippen LogP contribution in [0.3, 0.4) is 0 Å². The molecular weight excluding hydrogens is 436 g/mol. The Hall–Kier alpha value is -2.91. The van der Waals surface area contributed by atoms with Gasteiger partial charge in [0.1, 0.15) is 0 Å². The molecule has 1 fully saturated rings. The standard InChI is InChI=1S/C24H30N6O2S/c1-3-4-5-19-6-10-22(11-7-19)30-24(26-27-28-30)33-18(2)23(31)25-20-8-12-21(13-9-20)29-14-16-32-17-15-29/h6-13,18H,3-5,14-17H2,1-2H3,(H,25,31). The number of aromatic nitrogens is 4. The van der Waals surface area contributed by atoms with Crippen LogP contribution in [-0.4, -0.2) is 57.7 Å². The van der Waals surface area contributed by atoms with Crippen LogP contribution in [-0.2, 0) is 16.0 Å². The summed E-state index contributed by atoms with van der Waals surface area (Å²) in [4.78, 5) is 15.1. The van der Waals surface area contributed by atoms with E-state index in [0.29, 0.717) is 5.16 Å². The van der Waals surface area contributed by atoms with Gasteiger partial charge in [0.15, 0.2) is 0 Å². The normalized spacial score (nSPS) is 14.8. The first-order valence-electron chi connectivity index (χ1n) is 11.4. The molecule has 2 heterocycles. The largest absolute Gasteiger partial charge is 0.378 e. The lowest BCUT2D eigenvalue weighted by Crippen LogP contribution is -2.36. The average molecular weight is 467 g/mol. The number of nitrogens with zero attached hydrogens (tertiary/aromatic N) is 5. The van der Waals surface area contributed by atoms with E-state index in [1.54, 1.807) is 4.68 Å². The Morgan fingerprint density at radius 3 is 2.48 bits per heavy atom. The molecule has 1 aromatic heterocycles. The zero-order valence-corrected chi connectivity index (χ0v) is 19.9. The fourth-order valence-electron chi connectivity index (χ4n) is 3.63. The molecule has 1 aliphatic rings. The number of carbonyl (C=O) groups excluding carboxylic acids is 1. The van der Waals surface area contributed by atoms with Crippen LogP contribution in [0.5, 0.6) is 0 Å². The molecule has 3 aromatic rings. The summed E-state index contributed by atoms with van der Waals surface area (Å²) in [6.45, 7) is 7.31. The van der Waals surface area contributed by atoms with Crippen molar-refractivity contribution in [2.75, 3.05) is 36.5 Å². The number of tetrazole rings is 1. The van der Waals surface area contributed by atoms with Gasteiger partial charge in [0.05, 0.1) is 24.2 Å². The maximum Gasteiger partial charge on any atom is 0.237 e. The second-order valence-corrected chi connectivity index (χ2v) is 9.35. The van der Waals surface area contributed by atoms with Gasteiger partial charge in [-0.3, -0.25) is 4.79 Å². The molecule has 1 unspecified atom stereocenters. The third-order valence-electron chi connectivity index (χ3n) is 5.60. The van der Waals surface area contributed by atoms with Gasteiger partial charge in [0.25, 0.3) is 0 Å². The van der Waals surface area contributed by atoms with Crippen molar-refractivity contribution in [3.8, 4) is 5.69 Å². The summed E-state index contributed by atoms with van der Waals surface area (Å²) in [6.07, 6.45) is 3.42. The number of rotatable bonds is 9. The first-order chi connectivity index (χ1) is 16.1. The van der Waals surface area contributed by atoms with E-state index in [0.717, 1.165) is 49.8 Å². The summed E-state index contributed by atoms with van der Waals surface area (Å²) in [7, 11) is 0. The van der Waals surface area contributed by atoms with E-state index in [9.17, 15) is 4.79 Å². The Labute approximate surface area is 198 Å². The number of unbranched alkanes of at least 4 members (excludes halogenated alkanes) is 1. The fraction of sp³-hybridized carbons (Fsp3) is 0.417. The number of amides is 1. The smallest absolute Gasteiger partial charge is 0.237 e. The lowest BCUT2D eigenvalue weighted by molar-refractivity contribution is -0.115. The van der Waals surface area contributed by atoms with Gasteiger partial charge < -0.3 is 15.0 Å². The minimum Gasteiger partial charge on any atom is -0.378 e. The molecule has 0 spiro atoms. The summed E-state index contributed by atoms with van der Waals surface area (Å²) in [5.41, 5.74) is 4.09. The molecule has 1 N–H and O–H groups in total. The summed E-state index contributed by atoms with van der Waals surface area (Å²) in [6, 6.07) is 16.2. The Balaban J connectivity index is 1.35. The van der Waals surface area contributed by atoms with Crippen LogP contribution in [0.15, 0.2) is 53.7 Å². The van der Waals surface area contributed by atoms with Gasteiger partial charge in [-0.1, -0.05) is 37.2 Å². The van der Waals surface area contributed by atoms with E-state index in [4.69, 9.17) is 4.74 Å². The third kappa shape index (κ3) is 6.11. The molecule has 174 valence electrons. The molecule has 9 heteroatoms. The van der Waals surface area contributed by atoms with Gasteiger partial charge in [-0.25, -0.2) is 0 Å². The quantitative estimate of drug-likeness (QED) is 0.478. The van der Waals surface area contributed by atoms with Crippen LogP contribution in [0.2, 0.25) is 0 Å². The van der Waals surface area contributed by atoms with E-state index in [1.807, 2.05) is 43.3 Å². The van der Waals surface area contributed by atoms with Crippen molar-refractivity contribution in [3.05, 3.63) is 54.1 Å². The monoisotopic (exact) mass is 466 g/mol. The lowest BCUT2D eigenvalue weighted by Gasteiger charge is -2.28. The zero-order chi connectivity index (χ0) is 23.0. The van der Waals surface area contributed by atoms with Gasteiger partial charge >= 0.3 is 0 Å². The molecule has 0 bridgehead atoms.